The van der Waals surface area contributed by atoms with Crippen molar-refractivity contribution in [2.75, 3.05) is 0 Å². The van der Waals surface area contributed by atoms with Gasteiger partial charge in [0, 0.05) is 0 Å². The summed E-state index contributed by atoms with van der Waals surface area (Å²) in [6, 6.07) is 0. The number of hydrogen-bond donors (Lipinski definition) is 2. The summed E-state index contributed by atoms with van der Waals surface area (Å²) in [5, 5.41) is 0. The molecule has 0 aliphatic heterocycles. The third-order valence-corrected chi connectivity index (χ3v) is 5.97. The third-order valence-electron chi connectivity index (χ3n) is 3.85. The first-order valence-corrected chi connectivity index (χ1v) is 10.8. The average Bonchev–Trinajstić information content (AvgIpc) is 2.26. The molecule has 21 heavy (non-hydrogen) atoms. The second-order valence-corrected chi connectivity index (χ2v) is 9.27. The van der Waals surface area contributed by atoms with Crippen LogP contribution in [0.3, 0.4) is 0 Å². The Morgan fingerprint density at radius 2 is 0.857 bits per heavy atom. The van der Waals surface area contributed by atoms with E-state index >= 15 is 0 Å². The van der Waals surface area contributed by atoms with Crippen LogP contribution in [0.1, 0.15) is 55.4 Å². The summed E-state index contributed by atoms with van der Waals surface area (Å²) in [4.78, 5) is 24.5. The fourth-order valence-electron chi connectivity index (χ4n) is 3.07. The maximum atomic E-state index is 12.2. The number of amides is 2. The first kappa shape index (κ1) is 20.7. The fraction of sp³-hybridized carbons (Fsp3) is 0.875. The number of rotatable bonds is 8. The van der Waals surface area contributed by atoms with Crippen LogP contribution in [0, 0.1) is 35.5 Å². The summed E-state index contributed by atoms with van der Waals surface area (Å²) < 4.78 is 6.02. The zero-order valence-corrected chi connectivity index (χ0v) is 17.6. The van der Waals surface area contributed by atoms with Crippen LogP contribution in [0.4, 0.5) is 0 Å². The molecule has 0 saturated heterocycles. The molecular weight excluding hydrogens is 371 g/mol. The van der Waals surface area contributed by atoms with Gasteiger partial charge in [-0.25, -0.2) is 0 Å². The molecule has 5 heteroatoms. The summed E-state index contributed by atoms with van der Waals surface area (Å²) in [5.41, 5.74) is 0. The molecule has 0 aromatic carbocycles. The van der Waals surface area contributed by atoms with Crippen LogP contribution in [-0.2, 0) is 9.59 Å². The topological polar surface area (TPSA) is 58.2 Å². The van der Waals surface area contributed by atoms with E-state index in [0.717, 1.165) is 0 Å². The number of carbonyl (C=O) groups excluding carboxylic acids is 2. The summed E-state index contributed by atoms with van der Waals surface area (Å²) in [6.45, 7) is 16.6. The molecule has 0 atom stereocenters. The Balaban J connectivity index is 4.42. The standard InChI is InChI=1S/2C8H17NO.Sn/c2*1-5(2)7(6(3)4)8(9)10;/h2*5-7H,1-4H3,(H2,9,10);/q;;+2/p-2. The van der Waals surface area contributed by atoms with Crippen molar-refractivity contribution in [3.8, 4) is 0 Å². The van der Waals surface area contributed by atoms with E-state index in [4.69, 9.17) is 0 Å². The minimum atomic E-state index is -1.39. The van der Waals surface area contributed by atoms with Gasteiger partial charge in [-0.05, 0) is 0 Å². The van der Waals surface area contributed by atoms with Crippen LogP contribution in [0.2, 0.25) is 0 Å². The van der Waals surface area contributed by atoms with Crippen LogP contribution in [0.25, 0.3) is 0 Å². The van der Waals surface area contributed by atoms with E-state index in [1.165, 1.54) is 0 Å². The molecule has 122 valence electrons. The van der Waals surface area contributed by atoms with Crippen molar-refractivity contribution in [1.82, 2.24) is 7.08 Å². The molecular formula is C16H32N2O2Sn. The molecule has 2 radical (unpaired) electrons. The normalized spacial score (nSPS) is 12.1. The Morgan fingerprint density at radius 3 is 1.05 bits per heavy atom. The predicted molar refractivity (Wildman–Crippen MR) is 88.4 cm³/mol. The molecule has 0 bridgehead atoms. The average molecular weight is 403 g/mol. The van der Waals surface area contributed by atoms with Gasteiger partial charge < -0.3 is 0 Å². The van der Waals surface area contributed by atoms with Crippen LogP contribution in [0.5, 0.6) is 0 Å². The van der Waals surface area contributed by atoms with Crippen molar-refractivity contribution >= 4 is 33.5 Å². The summed E-state index contributed by atoms with van der Waals surface area (Å²) in [5.74, 6) is 1.51. The number of hydrogen-bond acceptors (Lipinski definition) is 2. The zero-order valence-electron chi connectivity index (χ0n) is 14.8. The molecule has 0 fully saturated rings. The summed E-state index contributed by atoms with van der Waals surface area (Å²) in [7, 11) is 0. The Hall–Kier alpha value is -0.261. The molecule has 0 aliphatic rings. The first-order chi connectivity index (χ1) is 9.59. The molecule has 0 aromatic heterocycles. The van der Waals surface area contributed by atoms with E-state index in [-0.39, 0.29) is 23.7 Å². The van der Waals surface area contributed by atoms with E-state index in [1.54, 1.807) is 0 Å². The first-order valence-electron chi connectivity index (χ1n) is 7.94. The fourth-order valence-corrected chi connectivity index (χ4v) is 4.90. The van der Waals surface area contributed by atoms with Crippen molar-refractivity contribution in [3.05, 3.63) is 0 Å². The molecule has 0 rings (SSSR count). The van der Waals surface area contributed by atoms with Gasteiger partial charge in [0.15, 0.2) is 0 Å². The molecule has 0 saturated carbocycles. The molecule has 2 amide bonds. The van der Waals surface area contributed by atoms with Crippen LogP contribution in [-0.4, -0.2) is 33.5 Å². The van der Waals surface area contributed by atoms with Crippen molar-refractivity contribution in [1.29, 1.82) is 0 Å². The second kappa shape index (κ2) is 9.69. The van der Waals surface area contributed by atoms with Gasteiger partial charge in [-0.1, -0.05) is 0 Å². The van der Waals surface area contributed by atoms with Gasteiger partial charge in [0.1, 0.15) is 0 Å². The maximum absolute atomic E-state index is 12.2. The third kappa shape index (κ3) is 7.02. The van der Waals surface area contributed by atoms with Gasteiger partial charge in [-0.15, -0.1) is 0 Å². The van der Waals surface area contributed by atoms with Crippen molar-refractivity contribution in [3.63, 3.8) is 0 Å². The van der Waals surface area contributed by atoms with Gasteiger partial charge in [-0.2, -0.15) is 0 Å². The van der Waals surface area contributed by atoms with Gasteiger partial charge in [0.25, 0.3) is 0 Å². The van der Waals surface area contributed by atoms with Crippen molar-refractivity contribution in [2.24, 2.45) is 35.5 Å². The predicted octanol–water partition coefficient (Wildman–Crippen LogP) is 2.61. The summed E-state index contributed by atoms with van der Waals surface area (Å²) in [6.07, 6.45) is 0. The molecule has 0 heterocycles. The summed E-state index contributed by atoms with van der Waals surface area (Å²) >= 11 is -1.39. The van der Waals surface area contributed by atoms with Gasteiger partial charge in [0.2, 0.25) is 0 Å². The Labute approximate surface area is 141 Å². The second-order valence-electron chi connectivity index (χ2n) is 7.13. The molecule has 0 spiro atoms. The van der Waals surface area contributed by atoms with Gasteiger partial charge in [0.05, 0.1) is 0 Å². The Kier molecular flexibility index (Phi) is 9.57. The molecule has 0 aromatic rings. The zero-order chi connectivity index (χ0) is 16.7. The quantitative estimate of drug-likeness (QED) is 0.613. The molecule has 2 N–H and O–H groups in total. The van der Waals surface area contributed by atoms with Crippen LogP contribution < -0.4 is 7.08 Å². The van der Waals surface area contributed by atoms with E-state index in [1.807, 2.05) is 0 Å². The SMILES string of the molecule is CC(C)C(C(=O)[NH][Sn][NH]C(=O)C(C(C)C)C(C)C)C(C)C. The molecule has 0 aliphatic carbocycles. The molecule has 0 unspecified atom stereocenters. The minimum absolute atomic E-state index is 0.0220. The van der Waals surface area contributed by atoms with Crippen molar-refractivity contribution in [2.45, 2.75) is 55.4 Å². The van der Waals surface area contributed by atoms with E-state index in [2.05, 4.69) is 62.5 Å². The van der Waals surface area contributed by atoms with Crippen LogP contribution in [0.15, 0.2) is 0 Å². The van der Waals surface area contributed by atoms with Gasteiger partial charge >= 0.3 is 141 Å². The van der Waals surface area contributed by atoms with E-state index in [0.29, 0.717) is 23.7 Å². The van der Waals surface area contributed by atoms with E-state index in [9.17, 15) is 9.59 Å². The number of nitrogens with one attached hydrogen (secondary N) is 2. The monoisotopic (exact) mass is 404 g/mol. The van der Waals surface area contributed by atoms with Crippen LogP contribution >= 0.6 is 0 Å². The molecule has 4 nitrogen and oxygen atoms in total. The Morgan fingerprint density at radius 1 is 0.619 bits per heavy atom. The van der Waals surface area contributed by atoms with Gasteiger partial charge in [-0.3, -0.25) is 0 Å². The Bertz CT molecular complexity index is 293. The number of carbonyl (C=O) groups is 2. The van der Waals surface area contributed by atoms with Crippen molar-refractivity contribution < 1.29 is 9.59 Å². The van der Waals surface area contributed by atoms with E-state index < -0.39 is 21.7 Å².